The maximum absolute atomic E-state index is 11.6. The number of H-pyrrole nitrogens is 1. The number of hydrogen-bond acceptors (Lipinski definition) is 3. The topological polar surface area (TPSA) is 84.0 Å². The van der Waals surface area contributed by atoms with Crippen molar-refractivity contribution in [3.8, 4) is 0 Å². The number of nitrogens with one attached hydrogen (secondary N) is 2. The van der Waals surface area contributed by atoms with Gasteiger partial charge in [0, 0.05) is 18.3 Å². The lowest BCUT2D eigenvalue weighted by atomic mass is 10.2. The minimum absolute atomic E-state index is 0.0797. The Bertz CT molecular complexity index is 489. The van der Waals surface area contributed by atoms with E-state index in [-0.39, 0.29) is 18.5 Å². The Kier molecular flexibility index (Phi) is 4.68. The number of amides is 1. The Morgan fingerprint density at radius 3 is 2.82 bits per heavy atom. The molecule has 0 aliphatic heterocycles. The minimum atomic E-state index is -0.573. The summed E-state index contributed by atoms with van der Waals surface area (Å²) in [5, 5.41) is 2.78. The summed E-state index contributed by atoms with van der Waals surface area (Å²) in [6.45, 7) is 3.87. The Balaban J connectivity index is 2.62. The summed E-state index contributed by atoms with van der Waals surface area (Å²) in [5.74, 6) is -0.236. The molecule has 0 fully saturated rings. The molecular formula is C11H17N3O3. The summed E-state index contributed by atoms with van der Waals surface area (Å²) < 4.78 is 1.16. The van der Waals surface area contributed by atoms with Gasteiger partial charge >= 0.3 is 5.69 Å². The van der Waals surface area contributed by atoms with Crippen LogP contribution in [0.2, 0.25) is 0 Å². The van der Waals surface area contributed by atoms with E-state index < -0.39 is 11.2 Å². The highest BCUT2D eigenvalue weighted by molar-refractivity contribution is 5.75. The van der Waals surface area contributed by atoms with E-state index in [1.807, 2.05) is 13.8 Å². The van der Waals surface area contributed by atoms with Crippen molar-refractivity contribution in [2.45, 2.75) is 39.3 Å². The van der Waals surface area contributed by atoms with E-state index in [4.69, 9.17) is 0 Å². The summed E-state index contributed by atoms with van der Waals surface area (Å²) in [6, 6.07) is 1.30. The molecular weight excluding hydrogens is 222 g/mol. The highest BCUT2D eigenvalue weighted by atomic mass is 16.2. The van der Waals surface area contributed by atoms with Crippen molar-refractivity contribution in [1.29, 1.82) is 0 Å². The molecule has 1 aromatic rings. The number of hydrogen-bond donors (Lipinski definition) is 2. The molecule has 1 atom stereocenters. The molecule has 2 N–H and O–H groups in total. The zero-order valence-electron chi connectivity index (χ0n) is 10.0. The van der Waals surface area contributed by atoms with Crippen molar-refractivity contribution in [3.63, 3.8) is 0 Å². The first-order valence-electron chi connectivity index (χ1n) is 5.62. The predicted octanol–water partition coefficient (Wildman–Crippen LogP) is -0.159. The molecule has 0 saturated carbocycles. The molecule has 0 saturated heterocycles. The summed E-state index contributed by atoms with van der Waals surface area (Å²) in [6.07, 6.45) is 3.19. The molecule has 1 unspecified atom stereocenters. The van der Waals surface area contributed by atoms with Crippen LogP contribution in [-0.2, 0) is 11.3 Å². The van der Waals surface area contributed by atoms with Crippen LogP contribution in [0, 0.1) is 0 Å². The van der Waals surface area contributed by atoms with Crippen molar-refractivity contribution >= 4 is 5.91 Å². The van der Waals surface area contributed by atoms with Crippen LogP contribution in [0.4, 0.5) is 0 Å². The van der Waals surface area contributed by atoms with Gasteiger partial charge in [0.2, 0.25) is 5.91 Å². The van der Waals surface area contributed by atoms with E-state index in [9.17, 15) is 14.4 Å². The normalized spacial score (nSPS) is 12.1. The Hall–Kier alpha value is -1.85. The fraction of sp³-hybridized carbons (Fsp3) is 0.545. The van der Waals surface area contributed by atoms with Gasteiger partial charge in [0.25, 0.3) is 5.56 Å². The lowest BCUT2D eigenvalue weighted by Gasteiger charge is -2.13. The van der Waals surface area contributed by atoms with Gasteiger partial charge in [0.05, 0.1) is 0 Å². The summed E-state index contributed by atoms with van der Waals surface area (Å²) in [5.41, 5.74) is -1.04. The van der Waals surface area contributed by atoms with Gasteiger partial charge in [-0.15, -0.1) is 0 Å². The number of carbonyl (C=O) groups excluding carboxylic acids is 1. The zero-order chi connectivity index (χ0) is 12.8. The third kappa shape index (κ3) is 4.26. The minimum Gasteiger partial charge on any atom is -0.352 e. The van der Waals surface area contributed by atoms with Crippen molar-refractivity contribution in [2.24, 2.45) is 0 Å². The third-order valence-electron chi connectivity index (χ3n) is 2.34. The SMILES string of the molecule is CCCC(C)NC(=O)Cn1ccc(=O)[nH]c1=O. The molecule has 0 aromatic carbocycles. The van der Waals surface area contributed by atoms with Gasteiger partial charge in [0.15, 0.2) is 0 Å². The van der Waals surface area contributed by atoms with Crippen LogP contribution in [0.5, 0.6) is 0 Å². The average molecular weight is 239 g/mol. The number of nitrogens with zero attached hydrogens (tertiary/aromatic N) is 1. The molecule has 0 aliphatic carbocycles. The zero-order valence-corrected chi connectivity index (χ0v) is 10.0. The second-order valence-corrected chi connectivity index (χ2v) is 4.00. The standard InChI is InChI=1S/C11H17N3O3/c1-3-4-8(2)12-10(16)7-14-6-5-9(15)13-11(14)17/h5-6,8H,3-4,7H2,1-2H3,(H,12,16)(H,13,15,17). The smallest absolute Gasteiger partial charge is 0.328 e. The van der Waals surface area contributed by atoms with E-state index in [0.29, 0.717) is 0 Å². The van der Waals surface area contributed by atoms with E-state index in [1.165, 1.54) is 12.3 Å². The van der Waals surface area contributed by atoms with Crippen LogP contribution in [0.1, 0.15) is 26.7 Å². The molecule has 0 spiro atoms. The lowest BCUT2D eigenvalue weighted by Crippen LogP contribution is -2.38. The van der Waals surface area contributed by atoms with E-state index in [1.54, 1.807) is 0 Å². The molecule has 6 nitrogen and oxygen atoms in total. The van der Waals surface area contributed by atoms with Crippen LogP contribution >= 0.6 is 0 Å². The fourth-order valence-electron chi connectivity index (χ4n) is 1.55. The van der Waals surface area contributed by atoms with Gasteiger partial charge in [-0.2, -0.15) is 0 Å². The van der Waals surface area contributed by atoms with Crippen LogP contribution in [0.25, 0.3) is 0 Å². The maximum Gasteiger partial charge on any atom is 0.328 e. The van der Waals surface area contributed by atoms with Gasteiger partial charge in [-0.05, 0) is 13.3 Å². The molecule has 1 amide bonds. The average Bonchev–Trinajstić information content (AvgIpc) is 2.22. The van der Waals surface area contributed by atoms with Crippen LogP contribution < -0.4 is 16.6 Å². The van der Waals surface area contributed by atoms with Gasteiger partial charge in [-0.3, -0.25) is 19.1 Å². The van der Waals surface area contributed by atoms with E-state index in [2.05, 4.69) is 10.3 Å². The number of carbonyl (C=O) groups is 1. The number of aromatic amines is 1. The quantitative estimate of drug-likeness (QED) is 0.749. The Morgan fingerprint density at radius 2 is 2.24 bits per heavy atom. The van der Waals surface area contributed by atoms with Gasteiger partial charge in [-0.25, -0.2) is 4.79 Å². The van der Waals surface area contributed by atoms with Gasteiger partial charge in [0.1, 0.15) is 6.54 Å². The maximum atomic E-state index is 11.6. The van der Waals surface area contributed by atoms with Gasteiger partial charge in [-0.1, -0.05) is 13.3 Å². The first kappa shape index (κ1) is 13.2. The summed E-state index contributed by atoms with van der Waals surface area (Å²) in [4.78, 5) is 35.8. The molecule has 1 rings (SSSR count). The molecule has 0 radical (unpaired) electrons. The first-order chi connectivity index (χ1) is 8.02. The molecule has 17 heavy (non-hydrogen) atoms. The number of rotatable bonds is 5. The molecule has 0 bridgehead atoms. The molecule has 94 valence electrons. The van der Waals surface area contributed by atoms with Crippen molar-refractivity contribution in [3.05, 3.63) is 33.1 Å². The largest absolute Gasteiger partial charge is 0.352 e. The van der Waals surface area contributed by atoms with Gasteiger partial charge < -0.3 is 5.32 Å². The Morgan fingerprint density at radius 1 is 1.53 bits per heavy atom. The third-order valence-corrected chi connectivity index (χ3v) is 2.34. The van der Waals surface area contributed by atoms with Crippen LogP contribution in [0.3, 0.4) is 0 Å². The summed E-state index contributed by atoms with van der Waals surface area (Å²) in [7, 11) is 0. The van der Waals surface area contributed by atoms with Crippen LogP contribution in [-0.4, -0.2) is 21.5 Å². The first-order valence-corrected chi connectivity index (χ1v) is 5.62. The number of aromatic nitrogens is 2. The molecule has 1 heterocycles. The predicted molar refractivity (Wildman–Crippen MR) is 63.8 cm³/mol. The van der Waals surface area contributed by atoms with E-state index in [0.717, 1.165) is 17.4 Å². The highest BCUT2D eigenvalue weighted by Crippen LogP contribution is 1.94. The molecule has 1 aromatic heterocycles. The monoisotopic (exact) mass is 239 g/mol. The summed E-state index contributed by atoms with van der Waals surface area (Å²) >= 11 is 0. The lowest BCUT2D eigenvalue weighted by molar-refractivity contribution is -0.122. The van der Waals surface area contributed by atoms with Crippen LogP contribution in [0.15, 0.2) is 21.9 Å². The Labute approximate surface area is 98.7 Å². The molecule has 6 heteroatoms. The van der Waals surface area contributed by atoms with Crippen molar-refractivity contribution in [2.75, 3.05) is 0 Å². The van der Waals surface area contributed by atoms with Crippen molar-refractivity contribution < 1.29 is 4.79 Å². The van der Waals surface area contributed by atoms with E-state index >= 15 is 0 Å². The highest BCUT2D eigenvalue weighted by Gasteiger charge is 2.07. The molecule has 0 aliphatic rings. The van der Waals surface area contributed by atoms with Crippen molar-refractivity contribution in [1.82, 2.24) is 14.9 Å². The second kappa shape index (κ2) is 6.03. The fourth-order valence-corrected chi connectivity index (χ4v) is 1.55. The second-order valence-electron chi connectivity index (χ2n) is 4.00.